The molecule has 0 bridgehead atoms. The number of benzene rings is 1. The second kappa shape index (κ2) is 6.73. The quantitative estimate of drug-likeness (QED) is 0.880. The van der Waals surface area contributed by atoms with Gasteiger partial charge in [0.25, 0.3) is 0 Å². The van der Waals surface area contributed by atoms with E-state index in [-0.39, 0.29) is 0 Å². The molecule has 2 nitrogen and oxygen atoms in total. The molecule has 2 atom stereocenters. The molecule has 1 aromatic carbocycles. The predicted octanol–water partition coefficient (Wildman–Crippen LogP) is 3.71. The van der Waals surface area contributed by atoms with E-state index in [9.17, 15) is 0 Å². The van der Waals surface area contributed by atoms with Gasteiger partial charge in [-0.1, -0.05) is 51.1 Å². The number of piperidine rings is 1. The van der Waals surface area contributed by atoms with Crippen LogP contribution in [0, 0.1) is 11.3 Å². The van der Waals surface area contributed by atoms with Crippen LogP contribution in [0.4, 0.5) is 0 Å². The molecule has 2 rings (SSSR count). The smallest absolute Gasteiger partial charge is 0.0355 e. The second-order valence-electron chi connectivity index (χ2n) is 7.16. The highest BCUT2D eigenvalue weighted by atomic mass is 15.1. The third-order valence-electron chi connectivity index (χ3n) is 4.56. The molecule has 1 N–H and O–H groups in total. The van der Waals surface area contributed by atoms with Gasteiger partial charge in [-0.2, -0.15) is 0 Å². The van der Waals surface area contributed by atoms with Crippen LogP contribution in [-0.2, 0) is 0 Å². The molecule has 20 heavy (non-hydrogen) atoms. The molecule has 1 aromatic rings. The first-order valence-corrected chi connectivity index (χ1v) is 7.96. The molecule has 1 aliphatic heterocycles. The SMILES string of the molecule is CNC(c1ccccc1)C(C)CN1CCCC(C)(C)C1. The van der Waals surface area contributed by atoms with Crippen LogP contribution in [0.2, 0.25) is 0 Å². The Bertz CT molecular complexity index is 399. The fourth-order valence-corrected chi connectivity index (χ4v) is 3.65. The largest absolute Gasteiger partial charge is 0.313 e. The van der Waals surface area contributed by atoms with Crippen LogP contribution in [-0.4, -0.2) is 31.6 Å². The highest BCUT2D eigenvalue weighted by Gasteiger charge is 2.28. The van der Waals surface area contributed by atoms with E-state index in [1.54, 1.807) is 0 Å². The number of nitrogens with one attached hydrogen (secondary N) is 1. The van der Waals surface area contributed by atoms with E-state index in [2.05, 4.69) is 68.4 Å². The number of likely N-dealkylation sites (tertiary alicyclic amines) is 1. The summed E-state index contributed by atoms with van der Waals surface area (Å²) in [5.41, 5.74) is 1.89. The Morgan fingerprint density at radius 3 is 2.55 bits per heavy atom. The zero-order valence-electron chi connectivity index (χ0n) is 13.5. The number of nitrogens with zero attached hydrogens (tertiary/aromatic N) is 1. The van der Waals surface area contributed by atoms with Crippen molar-refractivity contribution in [1.82, 2.24) is 10.2 Å². The van der Waals surface area contributed by atoms with Crippen molar-refractivity contribution in [2.24, 2.45) is 11.3 Å². The molecule has 1 saturated heterocycles. The average Bonchev–Trinajstić information content (AvgIpc) is 2.39. The van der Waals surface area contributed by atoms with Crippen molar-refractivity contribution in [1.29, 1.82) is 0 Å². The van der Waals surface area contributed by atoms with Gasteiger partial charge in [0.15, 0.2) is 0 Å². The molecule has 0 amide bonds. The first-order chi connectivity index (χ1) is 9.52. The predicted molar refractivity (Wildman–Crippen MR) is 86.9 cm³/mol. The Hall–Kier alpha value is -0.860. The van der Waals surface area contributed by atoms with E-state index in [4.69, 9.17) is 0 Å². The van der Waals surface area contributed by atoms with E-state index < -0.39 is 0 Å². The second-order valence-corrected chi connectivity index (χ2v) is 7.16. The fraction of sp³-hybridized carbons (Fsp3) is 0.667. The summed E-state index contributed by atoms with van der Waals surface area (Å²) >= 11 is 0. The van der Waals surface area contributed by atoms with E-state index in [0.29, 0.717) is 17.4 Å². The Kier molecular flexibility index (Phi) is 5.22. The number of hydrogen-bond donors (Lipinski definition) is 1. The van der Waals surface area contributed by atoms with Crippen LogP contribution in [0.1, 0.15) is 45.2 Å². The van der Waals surface area contributed by atoms with E-state index in [1.807, 2.05) is 0 Å². The van der Waals surface area contributed by atoms with Crippen molar-refractivity contribution in [3.63, 3.8) is 0 Å². The van der Waals surface area contributed by atoms with Gasteiger partial charge in [0.1, 0.15) is 0 Å². The minimum atomic E-state index is 0.446. The molecule has 0 aromatic heterocycles. The molecule has 0 spiro atoms. The molecule has 2 unspecified atom stereocenters. The molecular formula is C18H30N2. The summed E-state index contributed by atoms with van der Waals surface area (Å²) < 4.78 is 0. The summed E-state index contributed by atoms with van der Waals surface area (Å²) in [7, 11) is 2.08. The van der Waals surface area contributed by atoms with Gasteiger partial charge in [0.2, 0.25) is 0 Å². The zero-order valence-corrected chi connectivity index (χ0v) is 13.5. The van der Waals surface area contributed by atoms with E-state index in [1.165, 1.54) is 38.0 Å². The van der Waals surface area contributed by atoms with Crippen molar-refractivity contribution in [3.8, 4) is 0 Å². The lowest BCUT2D eigenvalue weighted by molar-refractivity contribution is 0.0977. The monoisotopic (exact) mass is 274 g/mol. The molecule has 0 radical (unpaired) electrons. The third kappa shape index (κ3) is 4.07. The van der Waals surface area contributed by atoms with Crippen molar-refractivity contribution in [2.75, 3.05) is 26.7 Å². The topological polar surface area (TPSA) is 15.3 Å². The third-order valence-corrected chi connectivity index (χ3v) is 4.56. The maximum atomic E-state index is 3.50. The van der Waals surface area contributed by atoms with Gasteiger partial charge < -0.3 is 10.2 Å². The van der Waals surface area contributed by atoms with Crippen molar-refractivity contribution < 1.29 is 0 Å². The highest BCUT2D eigenvalue weighted by Crippen LogP contribution is 2.30. The molecule has 1 heterocycles. The van der Waals surface area contributed by atoms with Gasteiger partial charge in [-0.25, -0.2) is 0 Å². The lowest BCUT2D eigenvalue weighted by Crippen LogP contribution is -2.43. The van der Waals surface area contributed by atoms with Crippen LogP contribution in [0.3, 0.4) is 0 Å². The summed E-state index contributed by atoms with van der Waals surface area (Å²) in [6, 6.07) is 11.3. The number of hydrogen-bond acceptors (Lipinski definition) is 2. The van der Waals surface area contributed by atoms with Gasteiger partial charge in [-0.15, -0.1) is 0 Å². The van der Waals surface area contributed by atoms with Crippen LogP contribution in [0.25, 0.3) is 0 Å². The van der Waals surface area contributed by atoms with Gasteiger partial charge in [-0.05, 0) is 43.3 Å². The zero-order chi connectivity index (χ0) is 14.6. The normalized spacial score (nSPS) is 22.4. The van der Waals surface area contributed by atoms with Crippen LogP contribution in [0.15, 0.2) is 30.3 Å². The molecule has 0 saturated carbocycles. The maximum absolute atomic E-state index is 3.50. The Morgan fingerprint density at radius 1 is 1.25 bits per heavy atom. The van der Waals surface area contributed by atoms with Crippen molar-refractivity contribution in [2.45, 2.75) is 39.7 Å². The molecule has 1 aliphatic rings. The average molecular weight is 274 g/mol. The maximum Gasteiger partial charge on any atom is 0.0355 e. The van der Waals surface area contributed by atoms with Crippen LogP contribution >= 0.6 is 0 Å². The first kappa shape index (κ1) is 15.5. The minimum Gasteiger partial charge on any atom is -0.313 e. The standard InChI is InChI=1S/C18H30N2/c1-15(13-20-12-8-11-18(2,3)14-20)17(19-4)16-9-6-5-7-10-16/h5-7,9-10,15,17,19H,8,11-14H2,1-4H3. The first-order valence-electron chi connectivity index (χ1n) is 7.96. The van der Waals surface area contributed by atoms with Crippen LogP contribution in [0.5, 0.6) is 0 Å². The summed E-state index contributed by atoms with van der Waals surface area (Å²) in [5, 5.41) is 3.50. The Balaban J connectivity index is 1.97. The molecular weight excluding hydrogens is 244 g/mol. The van der Waals surface area contributed by atoms with E-state index >= 15 is 0 Å². The van der Waals surface area contributed by atoms with Crippen molar-refractivity contribution >= 4 is 0 Å². The van der Waals surface area contributed by atoms with Gasteiger partial charge in [0, 0.05) is 19.1 Å². The number of rotatable bonds is 5. The van der Waals surface area contributed by atoms with Gasteiger partial charge in [0.05, 0.1) is 0 Å². The molecule has 112 valence electrons. The van der Waals surface area contributed by atoms with Crippen molar-refractivity contribution in [3.05, 3.63) is 35.9 Å². The Labute approximate surface area is 124 Å². The lowest BCUT2D eigenvalue weighted by Gasteiger charge is -2.40. The Morgan fingerprint density at radius 2 is 1.95 bits per heavy atom. The lowest BCUT2D eigenvalue weighted by atomic mass is 9.83. The van der Waals surface area contributed by atoms with Gasteiger partial charge in [-0.3, -0.25) is 0 Å². The fourth-order valence-electron chi connectivity index (χ4n) is 3.65. The highest BCUT2D eigenvalue weighted by molar-refractivity contribution is 5.19. The van der Waals surface area contributed by atoms with Crippen LogP contribution < -0.4 is 5.32 Å². The summed E-state index contributed by atoms with van der Waals surface area (Å²) in [5.74, 6) is 0.622. The minimum absolute atomic E-state index is 0.446. The summed E-state index contributed by atoms with van der Waals surface area (Å²) in [4.78, 5) is 2.65. The molecule has 2 heteroatoms. The van der Waals surface area contributed by atoms with Gasteiger partial charge >= 0.3 is 0 Å². The van der Waals surface area contributed by atoms with E-state index in [0.717, 1.165) is 0 Å². The summed E-state index contributed by atoms with van der Waals surface area (Å²) in [6.07, 6.45) is 2.71. The molecule has 1 fully saturated rings. The molecule has 0 aliphatic carbocycles. The summed E-state index contributed by atoms with van der Waals surface area (Å²) in [6.45, 7) is 10.9.